The molecule has 146 valence electrons. The Kier molecular flexibility index (Phi) is 4.60. The first-order chi connectivity index (χ1) is 12.9. The number of aliphatic carboxylic acids is 1. The van der Waals surface area contributed by atoms with E-state index in [1.807, 2.05) is 17.9 Å². The van der Waals surface area contributed by atoms with E-state index in [-0.39, 0.29) is 36.0 Å². The van der Waals surface area contributed by atoms with E-state index >= 15 is 0 Å². The fourth-order valence-corrected chi connectivity index (χ4v) is 5.20. The molecule has 3 aliphatic rings. The molecule has 3 saturated heterocycles. The lowest BCUT2D eigenvalue weighted by molar-refractivity contribution is -0.138. The molecule has 4 rings (SSSR count). The largest absolute Gasteiger partial charge is 0.496 e. The highest BCUT2D eigenvalue weighted by Gasteiger charge is 2.62. The maximum Gasteiger partial charge on any atom is 0.317 e. The van der Waals surface area contributed by atoms with Crippen molar-refractivity contribution in [1.82, 2.24) is 10.2 Å². The molecule has 3 fully saturated rings. The van der Waals surface area contributed by atoms with Crippen molar-refractivity contribution in [1.29, 1.82) is 0 Å². The van der Waals surface area contributed by atoms with Crippen molar-refractivity contribution in [2.75, 3.05) is 33.3 Å². The minimum atomic E-state index is -0.805. The highest BCUT2D eigenvalue weighted by molar-refractivity contribution is 5.94. The van der Waals surface area contributed by atoms with Crippen LogP contribution in [0.3, 0.4) is 0 Å². The summed E-state index contributed by atoms with van der Waals surface area (Å²) >= 11 is 0. The lowest BCUT2D eigenvalue weighted by Crippen LogP contribution is -2.41. The number of methoxy groups -OCH3 is 1. The van der Waals surface area contributed by atoms with Gasteiger partial charge >= 0.3 is 5.97 Å². The Balaban J connectivity index is 1.40. The number of nitrogens with zero attached hydrogens (tertiary/aromatic N) is 1. The summed E-state index contributed by atoms with van der Waals surface area (Å²) in [6.45, 7) is 3.94. The lowest BCUT2D eigenvalue weighted by Gasteiger charge is -2.29. The first kappa shape index (κ1) is 18.3. The van der Waals surface area contributed by atoms with Gasteiger partial charge in [0.1, 0.15) is 5.75 Å². The van der Waals surface area contributed by atoms with Crippen molar-refractivity contribution in [3.05, 3.63) is 29.3 Å². The smallest absolute Gasteiger partial charge is 0.317 e. The van der Waals surface area contributed by atoms with Gasteiger partial charge in [-0.25, -0.2) is 0 Å². The summed E-state index contributed by atoms with van der Waals surface area (Å²) in [7, 11) is 1.61. The topological polar surface area (TPSA) is 88.1 Å². The molecule has 0 aliphatic carbocycles. The van der Waals surface area contributed by atoms with Gasteiger partial charge in [-0.3, -0.25) is 14.5 Å². The Morgan fingerprint density at radius 1 is 1.44 bits per heavy atom. The number of benzene rings is 1. The monoisotopic (exact) mass is 374 g/mol. The summed E-state index contributed by atoms with van der Waals surface area (Å²) in [5.74, 6) is 0.382. The van der Waals surface area contributed by atoms with Crippen LogP contribution in [0.4, 0.5) is 0 Å². The first-order valence-electron chi connectivity index (χ1n) is 9.47. The van der Waals surface area contributed by atoms with Crippen molar-refractivity contribution >= 4 is 11.9 Å². The Labute approximate surface area is 158 Å². The molecule has 0 unspecified atom stereocenters. The van der Waals surface area contributed by atoms with Gasteiger partial charge in [-0.05, 0) is 43.5 Å². The number of carbonyl (C=O) groups is 2. The van der Waals surface area contributed by atoms with Crippen LogP contribution in [-0.4, -0.2) is 66.9 Å². The molecule has 1 spiro atoms. The first-order valence-corrected chi connectivity index (χ1v) is 9.47. The summed E-state index contributed by atoms with van der Waals surface area (Å²) in [6, 6.07) is 5.40. The molecule has 27 heavy (non-hydrogen) atoms. The second kappa shape index (κ2) is 6.80. The van der Waals surface area contributed by atoms with Gasteiger partial charge < -0.3 is 19.9 Å². The summed E-state index contributed by atoms with van der Waals surface area (Å²) < 4.78 is 11.5. The third kappa shape index (κ3) is 3.19. The molecule has 4 atom stereocenters. The molecule has 7 nitrogen and oxygen atoms in total. The van der Waals surface area contributed by atoms with Crippen molar-refractivity contribution < 1.29 is 24.2 Å². The summed E-state index contributed by atoms with van der Waals surface area (Å²) in [5.41, 5.74) is 1.32. The standard InChI is InChI=1S/C20H26N2O5/c1-12-7-13(3-4-16(12)26-2)19(25)21-8-14-15-9-22(10-18(23)24)11-20(15)6-5-17(14)27-20/h3-4,7,14-15,17H,5-6,8-11H2,1-2H3,(H,21,25)(H,23,24)/t14-,15+,17+,20+/m0/s1. The second-order valence-corrected chi connectivity index (χ2v) is 7.99. The Bertz CT molecular complexity index is 767. The minimum Gasteiger partial charge on any atom is -0.496 e. The fraction of sp³-hybridized carbons (Fsp3) is 0.600. The minimum absolute atomic E-state index is 0.0521. The number of nitrogens with one attached hydrogen (secondary N) is 1. The molecular weight excluding hydrogens is 348 g/mol. The van der Waals surface area contributed by atoms with Crippen LogP contribution in [0.5, 0.6) is 5.75 Å². The average molecular weight is 374 g/mol. The van der Waals surface area contributed by atoms with Crippen molar-refractivity contribution in [2.45, 2.75) is 31.5 Å². The van der Waals surface area contributed by atoms with Crippen LogP contribution in [-0.2, 0) is 9.53 Å². The van der Waals surface area contributed by atoms with Crippen LogP contribution in [0.25, 0.3) is 0 Å². The Morgan fingerprint density at radius 3 is 2.96 bits per heavy atom. The number of ether oxygens (including phenoxy) is 2. The normalized spacial score (nSPS) is 31.7. The number of likely N-dealkylation sites (tertiary alicyclic amines) is 1. The van der Waals surface area contributed by atoms with Crippen molar-refractivity contribution in [3.63, 3.8) is 0 Å². The molecule has 0 saturated carbocycles. The fourth-order valence-electron chi connectivity index (χ4n) is 5.20. The van der Waals surface area contributed by atoms with Gasteiger partial charge in [-0.15, -0.1) is 0 Å². The van der Waals surface area contributed by atoms with Crippen LogP contribution in [0.2, 0.25) is 0 Å². The number of hydrogen-bond acceptors (Lipinski definition) is 5. The molecule has 2 N–H and O–H groups in total. The maximum absolute atomic E-state index is 12.6. The predicted octanol–water partition coefficient (Wildman–Crippen LogP) is 1.30. The van der Waals surface area contributed by atoms with Gasteiger partial charge in [0.15, 0.2) is 0 Å². The van der Waals surface area contributed by atoms with Crippen molar-refractivity contribution in [3.8, 4) is 5.75 Å². The molecule has 2 bridgehead atoms. The van der Waals surface area contributed by atoms with Gasteiger partial charge in [-0.2, -0.15) is 0 Å². The molecule has 3 aliphatic heterocycles. The van der Waals surface area contributed by atoms with Crippen LogP contribution in [0.15, 0.2) is 18.2 Å². The van der Waals surface area contributed by atoms with Gasteiger partial charge in [0.2, 0.25) is 0 Å². The molecule has 0 radical (unpaired) electrons. The van der Waals surface area contributed by atoms with Gasteiger partial charge in [0.05, 0.1) is 25.4 Å². The van der Waals surface area contributed by atoms with E-state index in [2.05, 4.69) is 5.32 Å². The third-order valence-electron chi connectivity index (χ3n) is 6.37. The molecule has 1 amide bonds. The quantitative estimate of drug-likeness (QED) is 0.780. The zero-order valence-corrected chi connectivity index (χ0v) is 15.7. The molecular formula is C20H26N2O5. The van der Waals surface area contributed by atoms with E-state index in [0.29, 0.717) is 18.7 Å². The maximum atomic E-state index is 12.6. The molecule has 3 heterocycles. The highest BCUT2D eigenvalue weighted by Crippen LogP contribution is 2.54. The van der Waals surface area contributed by atoms with E-state index in [0.717, 1.165) is 30.7 Å². The van der Waals surface area contributed by atoms with Crippen molar-refractivity contribution in [2.24, 2.45) is 11.8 Å². The molecule has 1 aromatic rings. The number of amides is 1. The van der Waals surface area contributed by atoms with Gasteiger partial charge in [-0.1, -0.05) is 0 Å². The van der Waals surface area contributed by atoms with Crippen LogP contribution >= 0.6 is 0 Å². The molecule has 0 aromatic heterocycles. The highest BCUT2D eigenvalue weighted by atomic mass is 16.5. The SMILES string of the molecule is COc1ccc(C(=O)NC[C@H]2[C@H]3CN(CC(=O)O)C[C@]34CC[C@H]2O4)cc1C. The summed E-state index contributed by atoms with van der Waals surface area (Å²) in [6.07, 6.45) is 2.14. The zero-order chi connectivity index (χ0) is 19.2. The number of carboxylic acids is 1. The zero-order valence-electron chi connectivity index (χ0n) is 15.7. The average Bonchev–Trinajstić information content (AvgIpc) is 3.26. The number of hydrogen-bond donors (Lipinski definition) is 2. The Hall–Kier alpha value is -2.12. The third-order valence-corrected chi connectivity index (χ3v) is 6.37. The van der Waals surface area contributed by atoms with Crippen LogP contribution in [0.1, 0.15) is 28.8 Å². The molecule has 1 aromatic carbocycles. The number of carboxylic acid groups (broad SMARTS) is 1. The molecule has 7 heteroatoms. The van der Waals surface area contributed by atoms with Crippen LogP contribution < -0.4 is 10.1 Å². The Morgan fingerprint density at radius 2 is 2.26 bits per heavy atom. The number of carbonyl (C=O) groups excluding carboxylic acids is 1. The van der Waals surface area contributed by atoms with E-state index < -0.39 is 5.97 Å². The predicted molar refractivity (Wildman–Crippen MR) is 98.0 cm³/mol. The number of fused-ring (bicyclic) bond motifs is 1. The number of rotatable bonds is 6. The lowest BCUT2D eigenvalue weighted by atomic mass is 9.73. The van der Waals surface area contributed by atoms with E-state index in [4.69, 9.17) is 14.6 Å². The van der Waals surface area contributed by atoms with Crippen LogP contribution in [0, 0.1) is 18.8 Å². The van der Waals surface area contributed by atoms with E-state index in [1.165, 1.54) is 0 Å². The number of aryl methyl sites for hydroxylation is 1. The summed E-state index contributed by atoms with van der Waals surface area (Å²) in [4.78, 5) is 25.6. The van der Waals surface area contributed by atoms with E-state index in [9.17, 15) is 9.59 Å². The van der Waals surface area contributed by atoms with Gasteiger partial charge in [0.25, 0.3) is 5.91 Å². The van der Waals surface area contributed by atoms with E-state index in [1.54, 1.807) is 19.2 Å². The summed E-state index contributed by atoms with van der Waals surface area (Å²) in [5, 5.41) is 12.1. The van der Waals surface area contributed by atoms with Gasteiger partial charge in [0, 0.05) is 37.0 Å². The second-order valence-electron chi connectivity index (χ2n) is 7.99.